The molecule has 1 aromatic carbocycles. The molecule has 0 heterocycles. The van der Waals surface area contributed by atoms with E-state index in [1.165, 1.54) is 5.56 Å². The number of thioether (sulfide) groups is 1. The third-order valence-corrected chi connectivity index (χ3v) is 3.64. The highest BCUT2D eigenvalue weighted by Crippen LogP contribution is 2.17. The van der Waals surface area contributed by atoms with Gasteiger partial charge in [0.25, 0.3) is 0 Å². The molecule has 1 nitrogen and oxygen atoms in total. The average Bonchev–Trinajstić information content (AvgIpc) is 2.30. The van der Waals surface area contributed by atoms with Gasteiger partial charge < -0.3 is 5.11 Å². The molecule has 1 rings (SSSR count). The van der Waals surface area contributed by atoms with Gasteiger partial charge in [0.2, 0.25) is 0 Å². The number of aryl methyl sites for hydroxylation is 1. The molecule has 0 atom stereocenters. The zero-order chi connectivity index (χ0) is 11.6. The van der Waals surface area contributed by atoms with Crippen molar-refractivity contribution in [2.24, 2.45) is 0 Å². The minimum atomic E-state index is 0.282. The number of aliphatic hydroxyl groups is 1. The number of halogens is 1. The molecule has 89 valence electrons. The van der Waals surface area contributed by atoms with Crippen LogP contribution in [0.5, 0.6) is 0 Å². The van der Waals surface area contributed by atoms with E-state index in [1.54, 1.807) is 11.8 Å². The van der Waals surface area contributed by atoms with Gasteiger partial charge in [0, 0.05) is 10.8 Å². The maximum Gasteiger partial charge on any atom is 0.0521 e. The van der Waals surface area contributed by atoms with Crippen LogP contribution in [0.15, 0.2) is 24.3 Å². The standard InChI is InChI=1S/C13H18ClOS/c14-13-8-4-3-7-12(13)6-2-1-5-10-16-11-9-15/h1,3-4,7-8,15H,2,5-6,9-11H2. The maximum absolute atomic E-state index is 8.60. The van der Waals surface area contributed by atoms with E-state index in [0.29, 0.717) is 0 Å². The van der Waals surface area contributed by atoms with Crippen LogP contribution in [-0.4, -0.2) is 23.2 Å². The molecule has 1 radical (unpaired) electrons. The quantitative estimate of drug-likeness (QED) is 0.719. The number of hydrogen-bond acceptors (Lipinski definition) is 2. The van der Waals surface area contributed by atoms with Crippen molar-refractivity contribution in [1.29, 1.82) is 0 Å². The second-order valence-corrected chi connectivity index (χ2v) is 5.18. The molecule has 0 aliphatic rings. The Morgan fingerprint density at radius 3 is 2.75 bits per heavy atom. The van der Waals surface area contributed by atoms with Crippen LogP contribution in [0.3, 0.4) is 0 Å². The van der Waals surface area contributed by atoms with E-state index in [4.69, 9.17) is 16.7 Å². The first-order valence-electron chi connectivity index (χ1n) is 5.58. The Kier molecular flexibility index (Phi) is 7.73. The molecule has 0 aliphatic heterocycles. The molecular formula is C13H18ClOS. The first-order valence-corrected chi connectivity index (χ1v) is 7.11. The summed E-state index contributed by atoms with van der Waals surface area (Å²) in [7, 11) is 0. The van der Waals surface area contributed by atoms with Crippen LogP contribution in [0.4, 0.5) is 0 Å². The largest absolute Gasteiger partial charge is 0.396 e. The zero-order valence-electron chi connectivity index (χ0n) is 9.36. The summed E-state index contributed by atoms with van der Waals surface area (Å²) in [5.41, 5.74) is 1.23. The van der Waals surface area contributed by atoms with E-state index in [1.807, 2.05) is 18.2 Å². The molecule has 0 amide bonds. The van der Waals surface area contributed by atoms with Crippen LogP contribution in [0.2, 0.25) is 5.02 Å². The van der Waals surface area contributed by atoms with Crippen LogP contribution in [0, 0.1) is 6.42 Å². The molecule has 0 spiro atoms. The van der Waals surface area contributed by atoms with E-state index in [2.05, 4.69) is 12.5 Å². The number of hydrogen-bond donors (Lipinski definition) is 1. The highest BCUT2D eigenvalue weighted by atomic mass is 35.5. The predicted octanol–water partition coefficient (Wildman–Crippen LogP) is 3.59. The fourth-order valence-electron chi connectivity index (χ4n) is 1.44. The maximum atomic E-state index is 8.60. The summed E-state index contributed by atoms with van der Waals surface area (Å²) in [6, 6.07) is 8.00. The van der Waals surface area contributed by atoms with Gasteiger partial charge in [-0.3, -0.25) is 0 Å². The van der Waals surface area contributed by atoms with Gasteiger partial charge in [0.1, 0.15) is 0 Å². The smallest absolute Gasteiger partial charge is 0.0521 e. The molecule has 1 N–H and O–H groups in total. The minimum absolute atomic E-state index is 0.282. The van der Waals surface area contributed by atoms with Gasteiger partial charge in [0.15, 0.2) is 0 Å². The SMILES string of the molecule is OCCSCC[CH]CCc1ccccc1Cl. The minimum Gasteiger partial charge on any atom is -0.396 e. The molecule has 0 bridgehead atoms. The van der Waals surface area contributed by atoms with E-state index in [9.17, 15) is 0 Å². The number of benzene rings is 1. The highest BCUT2D eigenvalue weighted by Gasteiger charge is 1.98. The molecule has 0 saturated carbocycles. The third-order valence-electron chi connectivity index (χ3n) is 2.28. The molecule has 1 aromatic rings. The zero-order valence-corrected chi connectivity index (χ0v) is 10.9. The lowest BCUT2D eigenvalue weighted by Crippen LogP contribution is -1.91. The van der Waals surface area contributed by atoms with Gasteiger partial charge >= 0.3 is 0 Å². The van der Waals surface area contributed by atoms with Gasteiger partial charge in [-0.1, -0.05) is 29.8 Å². The molecule has 16 heavy (non-hydrogen) atoms. The van der Waals surface area contributed by atoms with E-state index >= 15 is 0 Å². The Morgan fingerprint density at radius 1 is 1.19 bits per heavy atom. The van der Waals surface area contributed by atoms with Crippen molar-refractivity contribution in [3.8, 4) is 0 Å². The summed E-state index contributed by atoms with van der Waals surface area (Å²) in [5.74, 6) is 1.95. The summed E-state index contributed by atoms with van der Waals surface area (Å²) < 4.78 is 0. The van der Waals surface area contributed by atoms with Gasteiger partial charge in [-0.05, 0) is 43.1 Å². The van der Waals surface area contributed by atoms with Crippen LogP contribution in [0.25, 0.3) is 0 Å². The van der Waals surface area contributed by atoms with Gasteiger partial charge in [-0.2, -0.15) is 11.8 Å². The molecule has 0 aliphatic carbocycles. The summed E-state index contributed by atoms with van der Waals surface area (Å²) in [6.07, 6.45) is 5.50. The van der Waals surface area contributed by atoms with E-state index in [-0.39, 0.29) is 6.61 Å². The lowest BCUT2D eigenvalue weighted by molar-refractivity contribution is 0.322. The van der Waals surface area contributed by atoms with Gasteiger partial charge in [-0.25, -0.2) is 0 Å². The molecule has 3 heteroatoms. The summed E-state index contributed by atoms with van der Waals surface area (Å²) >= 11 is 7.86. The van der Waals surface area contributed by atoms with Crippen molar-refractivity contribution < 1.29 is 5.11 Å². The van der Waals surface area contributed by atoms with Crippen molar-refractivity contribution in [2.75, 3.05) is 18.1 Å². The van der Waals surface area contributed by atoms with Crippen LogP contribution < -0.4 is 0 Å². The molecule has 0 aromatic heterocycles. The Bertz CT molecular complexity index is 291. The predicted molar refractivity (Wildman–Crippen MR) is 73.1 cm³/mol. The third kappa shape index (κ3) is 5.78. The Labute approximate surface area is 107 Å². The molecule has 0 unspecified atom stereocenters. The average molecular weight is 258 g/mol. The van der Waals surface area contributed by atoms with E-state index in [0.717, 1.165) is 35.8 Å². The van der Waals surface area contributed by atoms with Gasteiger partial charge in [0.05, 0.1) is 6.61 Å². The summed E-state index contributed by atoms with van der Waals surface area (Å²) in [4.78, 5) is 0. The second-order valence-electron chi connectivity index (χ2n) is 3.54. The molecule has 0 saturated heterocycles. The Morgan fingerprint density at radius 2 is 2.00 bits per heavy atom. The van der Waals surface area contributed by atoms with Crippen LogP contribution in [-0.2, 0) is 6.42 Å². The van der Waals surface area contributed by atoms with Crippen molar-refractivity contribution in [3.63, 3.8) is 0 Å². The lowest BCUT2D eigenvalue weighted by atomic mass is 10.1. The molecular weight excluding hydrogens is 240 g/mol. The summed E-state index contributed by atoms with van der Waals surface area (Å²) in [5, 5.41) is 9.47. The van der Waals surface area contributed by atoms with Crippen molar-refractivity contribution in [2.45, 2.75) is 19.3 Å². The van der Waals surface area contributed by atoms with Crippen molar-refractivity contribution >= 4 is 23.4 Å². The Balaban J connectivity index is 2.05. The Hall–Kier alpha value is -0.180. The topological polar surface area (TPSA) is 20.2 Å². The van der Waals surface area contributed by atoms with Crippen molar-refractivity contribution in [3.05, 3.63) is 41.3 Å². The first-order chi connectivity index (χ1) is 7.84. The first kappa shape index (κ1) is 13.9. The summed E-state index contributed by atoms with van der Waals surface area (Å²) in [6.45, 7) is 0.282. The number of unbranched alkanes of at least 4 members (excludes halogenated alkanes) is 2. The molecule has 0 fully saturated rings. The van der Waals surface area contributed by atoms with Crippen LogP contribution in [0.1, 0.15) is 18.4 Å². The normalized spacial score (nSPS) is 10.6. The monoisotopic (exact) mass is 257 g/mol. The van der Waals surface area contributed by atoms with Gasteiger partial charge in [-0.15, -0.1) is 0 Å². The van der Waals surface area contributed by atoms with E-state index < -0.39 is 0 Å². The van der Waals surface area contributed by atoms with Crippen LogP contribution >= 0.6 is 23.4 Å². The fraction of sp³-hybridized carbons (Fsp3) is 0.462. The fourth-order valence-corrected chi connectivity index (χ4v) is 2.33. The lowest BCUT2D eigenvalue weighted by Gasteiger charge is -2.03. The second kappa shape index (κ2) is 8.91. The van der Waals surface area contributed by atoms with Crippen molar-refractivity contribution in [1.82, 2.24) is 0 Å². The number of aliphatic hydroxyl groups excluding tert-OH is 1. The number of rotatable bonds is 8. The highest BCUT2D eigenvalue weighted by molar-refractivity contribution is 7.99.